The summed E-state index contributed by atoms with van der Waals surface area (Å²) in [5, 5.41) is 8.22. The van der Waals surface area contributed by atoms with Gasteiger partial charge in [0.2, 0.25) is 0 Å². The van der Waals surface area contributed by atoms with Crippen LogP contribution in [0.25, 0.3) is 0 Å². The Kier molecular flexibility index (Phi) is 4.76. The molecule has 2 unspecified atom stereocenters. The Labute approximate surface area is 125 Å². The standard InChI is InChI=1S/C16H25NO2S/c1-13(10-14-3-9-20-12-14)17-15-2-6-19-16(11-15)4-7-18-8-5-16/h3,9,12-13,15,17H,2,4-8,10-11H2,1H3. The van der Waals surface area contributed by atoms with Crippen LogP contribution in [0.3, 0.4) is 0 Å². The molecule has 112 valence electrons. The minimum atomic E-state index is 0.0935. The Morgan fingerprint density at radius 2 is 2.25 bits per heavy atom. The van der Waals surface area contributed by atoms with Crippen molar-refractivity contribution in [1.82, 2.24) is 5.32 Å². The second kappa shape index (κ2) is 6.56. The van der Waals surface area contributed by atoms with Crippen molar-refractivity contribution in [3.63, 3.8) is 0 Å². The number of hydrogen-bond acceptors (Lipinski definition) is 4. The van der Waals surface area contributed by atoms with Gasteiger partial charge in [-0.3, -0.25) is 0 Å². The summed E-state index contributed by atoms with van der Waals surface area (Å²) in [5.41, 5.74) is 1.54. The summed E-state index contributed by atoms with van der Waals surface area (Å²) in [6, 6.07) is 3.35. The predicted molar refractivity (Wildman–Crippen MR) is 82.4 cm³/mol. The van der Waals surface area contributed by atoms with E-state index in [1.807, 2.05) is 0 Å². The molecule has 2 aliphatic heterocycles. The Morgan fingerprint density at radius 3 is 3.00 bits per heavy atom. The normalized spacial score (nSPS) is 27.6. The van der Waals surface area contributed by atoms with Crippen LogP contribution in [0.15, 0.2) is 16.8 Å². The number of nitrogens with one attached hydrogen (secondary N) is 1. The Bertz CT molecular complexity index is 395. The molecule has 0 radical (unpaired) electrons. The first kappa shape index (κ1) is 14.5. The van der Waals surface area contributed by atoms with Gasteiger partial charge in [-0.25, -0.2) is 0 Å². The zero-order chi connectivity index (χ0) is 13.8. The highest BCUT2D eigenvalue weighted by atomic mass is 32.1. The van der Waals surface area contributed by atoms with Crippen LogP contribution in [0.2, 0.25) is 0 Å². The van der Waals surface area contributed by atoms with E-state index in [0.29, 0.717) is 12.1 Å². The lowest BCUT2D eigenvalue weighted by Gasteiger charge is -2.44. The first-order valence-electron chi connectivity index (χ1n) is 7.75. The van der Waals surface area contributed by atoms with Crippen LogP contribution in [0.5, 0.6) is 0 Å². The van der Waals surface area contributed by atoms with Gasteiger partial charge in [-0.05, 0) is 61.4 Å². The van der Waals surface area contributed by atoms with Gasteiger partial charge in [-0.2, -0.15) is 11.3 Å². The van der Waals surface area contributed by atoms with E-state index in [1.54, 1.807) is 11.3 Å². The summed E-state index contributed by atoms with van der Waals surface area (Å²) in [7, 11) is 0. The maximum atomic E-state index is 6.11. The molecule has 0 aliphatic carbocycles. The fourth-order valence-corrected chi connectivity index (χ4v) is 4.17. The maximum absolute atomic E-state index is 6.11. The zero-order valence-electron chi connectivity index (χ0n) is 12.3. The monoisotopic (exact) mass is 295 g/mol. The van der Waals surface area contributed by atoms with Crippen molar-refractivity contribution in [2.24, 2.45) is 0 Å². The van der Waals surface area contributed by atoms with Crippen molar-refractivity contribution in [1.29, 1.82) is 0 Å². The molecule has 0 aromatic carbocycles. The molecule has 2 atom stereocenters. The van der Waals surface area contributed by atoms with Crippen molar-refractivity contribution < 1.29 is 9.47 Å². The fourth-order valence-electron chi connectivity index (χ4n) is 3.49. The van der Waals surface area contributed by atoms with Crippen LogP contribution >= 0.6 is 11.3 Å². The molecule has 1 spiro atoms. The summed E-state index contributed by atoms with van der Waals surface area (Å²) in [4.78, 5) is 0. The second-order valence-electron chi connectivity index (χ2n) is 6.24. The maximum Gasteiger partial charge on any atom is 0.0741 e. The molecule has 3 nitrogen and oxygen atoms in total. The molecule has 3 heterocycles. The summed E-state index contributed by atoms with van der Waals surface area (Å²) < 4.78 is 11.6. The van der Waals surface area contributed by atoms with E-state index in [1.165, 1.54) is 5.56 Å². The van der Waals surface area contributed by atoms with Gasteiger partial charge in [0, 0.05) is 31.9 Å². The third kappa shape index (κ3) is 3.61. The van der Waals surface area contributed by atoms with Crippen LogP contribution in [0.4, 0.5) is 0 Å². The van der Waals surface area contributed by atoms with Crippen molar-refractivity contribution in [2.45, 2.75) is 56.7 Å². The van der Waals surface area contributed by atoms with E-state index in [4.69, 9.17) is 9.47 Å². The molecule has 0 bridgehead atoms. The Morgan fingerprint density at radius 1 is 1.40 bits per heavy atom. The van der Waals surface area contributed by atoms with Gasteiger partial charge in [0.1, 0.15) is 0 Å². The van der Waals surface area contributed by atoms with Gasteiger partial charge >= 0.3 is 0 Å². The predicted octanol–water partition coefficient (Wildman–Crippen LogP) is 3.00. The van der Waals surface area contributed by atoms with Crippen LogP contribution in [-0.2, 0) is 15.9 Å². The molecule has 1 aromatic rings. The number of ether oxygens (including phenoxy) is 2. The van der Waals surface area contributed by atoms with Gasteiger partial charge in [0.25, 0.3) is 0 Å². The van der Waals surface area contributed by atoms with E-state index in [2.05, 4.69) is 29.1 Å². The van der Waals surface area contributed by atoms with Gasteiger partial charge in [-0.15, -0.1) is 0 Å². The second-order valence-corrected chi connectivity index (χ2v) is 7.02. The van der Waals surface area contributed by atoms with E-state index < -0.39 is 0 Å². The van der Waals surface area contributed by atoms with Gasteiger partial charge in [-0.1, -0.05) is 0 Å². The average Bonchev–Trinajstić information content (AvgIpc) is 2.92. The molecular formula is C16H25NO2S. The largest absolute Gasteiger partial charge is 0.381 e. The molecule has 2 aliphatic rings. The van der Waals surface area contributed by atoms with Crippen LogP contribution < -0.4 is 5.32 Å². The molecule has 4 heteroatoms. The summed E-state index contributed by atoms with van der Waals surface area (Å²) in [6.45, 7) is 4.90. The van der Waals surface area contributed by atoms with E-state index >= 15 is 0 Å². The number of rotatable bonds is 4. The zero-order valence-corrected chi connectivity index (χ0v) is 13.1. The van der Waals surface area contributed by atoms with Gasteiger partial charge in [0.05, 0.1) is 5.60 Å². The average molecular weight is 295 g/mol. The molecule has 1 aromatic heterocycles. The number of thiophene rings is 1. The third-order valence-electron chi connectivity index (χ3n) is 4.54. The topological polar surface area (TPSA) is 30.5 Å². The van der Waals surface area contributed by atoms with Crippen molar-refractivity contribution in [3.8, 4) is 0 Å². The highest BCUT2D eigenvalue weighted by Crippen LogP contribution is 2.34. The highest BCUT2D eigenvalue weighted by Gasteiger charge is 2.39. The quantitative estimate of drug-likeness (QED) is 0.926. The summed E-state index contributed by atoms with van der Waals surface area (Å²) in [6.07, 6.45) is 5.52. The molecule has 20 heavy (non-hydrogen) atoms. The first-order chi connectivity index (χ1) is 9.76. The van der Waals surface area contributed by atoms with Crippen molar-refractivity contribution in [2.75, 3.05) is 19.8 Å². The van der Waals surface area contributed by atoms with Crippen molar-refractivity contribution in [3.05, 3.63) is 22.4 Å². The van der Waals surface area contributed by atoms with Crippen molar-refractivity contribution >= 4 is 11.3 Å². The minimum absolute atomic E-state index is 0.0935. The van der Waals surface area contributed by atoms with Gasteiger partial charge in [0.15, 0.2) is 0 Å². The van der Waals surface area contributed by atoms with Gasteiger partial charge < -0.3 is 14.8 Å². The molecule has 0 amide bonds. The summed E-state index contributed by atoms with van der Waals surface area (Å²) >= 11 is 1.78. The smallest absolute Gasteiger partial charge is 0.0741 e. The Hall–Kier alpha value is -0.420. The van der Waals surface area contributed by atoms with E-state index in [0.717, 1.165) is 51.9 Å². The van der Waals surface area contributed by atoms with Crippen LogP contribution in [-0.4, -0.2) is 37.5 Å². The molecule has 3 rings (SSSR count). The van der Waals surface area contributed by atoms with Crippen LogP contribution in [0.1, 0.15) is 38.2 Å². The number of hydrogen-bond donors (Lipinski definition) is 1. The van der Waals surface area contributed by atoms with Crippen LogP contribution in [0, 0.1) is 0 Å². The fraction of sp³-hybridized carbons (Fsp3) is 0.750. The summed E-state index contributed by atoms with van der Waals surface area (Å²) in [5.74, 6) is 0. The lowest BCUT2D eigenvalue weighted by molar-refractivity contribution is -0.140. The minimum Gasteiger partial charge on any atom is -0.381 e. The first-order valence-corrected chi connectivity index (χ1v) is 8.69. The van der Waals surface area contributed by atoms with E-state index in [9.17, 15) is 0 Å². The molecule has 0 saturated carbocycles. The third-order valence-corrected chi connectivity index (χ3v) is 5.27. The highest BCUT2D eigenvalue weighted by molar-refractivity contribution is 7.07. The van der Waals surface area contributed by atoms with E-state index in [-0.39, 0.29) is 5.60 Å². The molecule has 1 N–H and O–H groups in total. The SMILES string of the molecule is CC(Cc1ccsc1)NC1CCOC2(CCOCC2)C1. The Balaban J connectivity index is 1.51. The molecule has 2 saturated heterocycles. The molecule has 2 fully saturated rings. The lowest BCUT2D eigenvalue weighted by Crippen LogP contribution is -2.51. The molecular weight excluding hydrogens is 270 g/mol. The lowest BCUT2D eigenvalue weighted by atomic mass is 9.84.